The van der Waals surface area contributed by atoms with E-state index in [0.717, 1.165) is 9.87 Å². The highest BCUT2D eigenvalue weighted by molar-refractivity contribution is 7.93. The van der Waals surface area contributed by atoms with Crippen molar-refractivity contribution in [3.8, 4) is 5.75 Å². The monoisotopic (exact) mass is 390 g/mol. The van der Waals surface area contributed by atoms with E-state index in [-0.39, 0.29) is 17.3 Å². The first-order chi connectivity index (χ1) is 12.7. The van der Waals surface area contributed by atoms with E-state index in [9.17, 15) is 13.2 Å². The Balaban J connectivity index is 2.59. The molecule has 146 valence electrons. The summed E-state index contributed by atoms with van der Waals surface area (Å²) in [5.41, 5.74) is 2.70. The van der Waals surface area contributed by atoms with Gasteiger partial charge in [-0.15, -0.1) is 0 Å². The highest BCUT2D eigenvalue weighted by atomic mass is 32.2. The average Bonchev–Trinajstić information content (AvgIpc) is 2.59. The topological polar surface area (TPSA) is 75.7 Å². The predicted octanol–water partition coefficient (Wildman–Crippen LogP) is 2.95. The molecule has 7 heteroatoms. The average molecular weight is 391 g/mol. The van der Waals surface area contributed by atoms with Gasteiger partial charge < -0.3 is 10.1 Å². The number of carbonyl (C=O) groups is 1. The van der Waals surface area contributed by atoms with Gasteiger partial charge in [0.15, 0.2) is 0 Å². The lowest BCUT2D eigenvalue weighted by atomic mass is 10.1. The summed E-state index contributed by atoms with van der Waals surface area (Å²) < 4.78 is 33.3. The Hall–Kier alpha value is -2.54. The second-order valence-electron chi connectivity index (χ2n) is 6.39. The van der Waals surface area contributed by atoms with Crippen molar-refractivity contribution >= 4 is 21.6 Å². The van der Waals surface area contributed by atoms with Gasteiger partial charge >= 0.3 is 0 Å². The van der Waals surface area contributed by atoms with Crippen LogP contribution in [-0.4, -0.2) is 34.5 Å². The van der Waals surface area contributed by atoms with Crippen LogP contribution in [0.4, 0.5) is 5.69 Å². The van der Waals surface area contributed by atoms with Crippen LogP contribution in [0.25, 0.3) is 0 Å². The lowest BCUT2D eigenvalue weighted by molar-refractivity contribution is -0.119. The van der Waals surface area contributed by atoms with E-state index in [4.69, 9.17) is 4.74 Å². The van der Waals surface area contributed by atoms with Crippen LogP contribution in [0.15, 0.2) is 41.3 Å². The number of likely N-dealkylation sites (N-methyl/N-ethyl adjacent to an activating group) is 1. The van der Waals surface area contributed by atoms with Crippen LogP contribution in [0.3, 0.4) is 0 Å². The van der Waals surface area contributed by atoms with E-state index in [1.807, 2.05) is 19.1 Å². The molecule has 2 rings (SSSR count). The number of hydrogen-bond donors (Lipinski definition) is 1. The molecule has 2 aromatic rings. The normalized spacial score (nSPS) is 11.1. The van der Waals surface area contributed by atoms with E-state index in [1.165, 1.54) is 7.11 Å². The summed E-state index contributed by atoms with van der Waals surface area (Å²) in [7, 11) is -2.39. The molecule has 0 atom stereocenters. The van der Waals surface area contributed by atoms with Crippen molar-refractivity contribution in [1.82, 2.24) is 5.32 Å². The molecule has 1 amide bonds. The number of benzene rings is 2. The molecule has 0 aliphatic heterocycles. The first-order valence-electron chi connectivity index (χ1n) is 8.72. The van der Waals surface area contributed by atoms with Gasteiger partial charge in [-0.1, -0.05) is 17.7 Å². The third kappa shape index (κ3) is 4.60. The standard InChI is InChI=1S/C20H26N2O4S/c1-6-21-19(23)13-22(17-7-9-18(26-5)10-8-17)27(24,25)20-15(3)11-14(2)12-16(20)4/h7-12H,6,13H2,1-5H3,(H,21,23). The Labute approximate surface area is 161 Å². The number of nitrogens with zero attached hydrogens (tertiary/aromatic N) is 1. The van der Waals surface area contributed by atoms with Gasteiger partial charge in [-0.3, -0.25) is 9.10 Å². The lowest BCUT2D eigenvalue weighted by Crippen LogP contribution is -2.41. The van der Waals surface area contributed by atoms with Crippen LogP contribution in [0, 0.1) is 20.8 Å². The van der Waals surface area contributed by atoms with Gasteiger partial charge in [-0.2, -0.15) is 0 Å². The van der Waals surface area contributed by atoms with Crippen LogP contribution in [0.1, 0.15) is 23.6 Å². The van der Waals surface area contributed by atoms with Gasteiger partial charge in [0.05, 0.1) is 17.7 Å². The van der Waals surface area contributed by atoms with Crippen molar-refractivity contribution in [1.29, 1.82) is 0 Å². The minimum absolute atomic E-state index is 0.230. The summed E-state index contributed by atoms with van der Waals surface area (Å²) in [4.78, 5) is 12.4. The van der Waals surface area contributed by atoms with E-state index in [2.05, 4.69) is 5.32 Å². The second kappa shape index (κ2) is 8.43. The van der Waals surface area contributed by atoms with E-state index in [0.29, 0.717) is 29.1 Å². The number of hydrogen-bond acceptors (Lipinski definition) is 4. The molecule has 0 bridgehead atoms. The number of aryl methyl sites for hydroxylation is 3. The number of sulfonamides is 1. The fourth-order valence-corrected chi connectivity index (χ4v) is 4.97. The van der Waals surface area contributed by atoms with Gasteiger partial charge in [0, 0.05) is 6.54 Å². The number of carbonyl (C=O) groups excluding carboxylic acids is 1. The van der Waals surface area contributed by atoms with E-state index in [1.54, 1.807) is 45.0 Å². The molecule has 0 heterocycles. The molecular weight excluding hydrogens is 364 g/mol. The SMILES string of the molecule is CCNC(=O)CN(c1ccc(OC)cc1)S(=O)(=O)c1c(C)cc(C)cc1C. The molecule has 0 spiro atoms. The van der Waals surface area contributed by atoms with E-state index >= 15 is 0 Å². The Morgan fingerprint density at radius 3 is 2.11 bits per heavy atom. The molecule has 1 N–H and O–H groups in total. The third-order valence-corrected chi connectivity index (χ3v) is 6.25. The quantitative estimate of drug-likeness (QED) is 0.789. The zero-order chi connectivity index (χ0) is 20.2. The summed E-state index contributed by atoms with van der Waals surface area (Å²) in [6.45, 7) is 7.38. The summed E-state index contributed by atoms with van der Waals surface area (Å²) >= 11 is 0. The molecule has 0 saturated carbocycles. The number of ether oxygens (including phenoxy) is 1. The first-order valence-corrected chi connectivity index (χ1v) is 10.2. The number of amides is 1. The van der Waals surface area contributed by atoms with Gasteiger partial charge in [0.2, 0.25) is 5.91 Å². The summed E-state index contributed by atoms with van der Waals surface area (Å²) in [6, 6.07) is 10.3. The lowest BCUT2D eigenvalue weighted by Gasteiger charge is -2.26. The van der Waals surface area contributed by atoms with Gasteiger partial charge in [0.25, 0.3) is 10.0 Å². The Kier molecular flexibility index (Phi) is 6.49. The highest BCUT2D eigenvalue weighted by Crippen LogP contribution is 2.30. The van der Waals surface area contributed by atoms with Crippen LogP contribution < -0.4 is 14.4 Å². The van der Waals surface area contributed by atoms with Crippen molar-refractivity contribution in [2.75, 3.05) is 24.5 Å². The maximum Gasteiger partial charge on any atom is 0.265 e. The van der Waals surface area contributed by atoms with Crippen molar-refractivity contribution in [3.05, 3.63) is 53.1 Å². The molecular formula is C20H26N2O4S. The molecule has 0 saturated heterocycles. The van der Waals surface area contributed by atoms with E-state index < -0.39 is 10.0 Å². The highest BCUT2D eigenvalue weighted by Gasteiger charge is 2.30. The zero-order valence-electron chi connectivity index (χ0n) is 16.4. The van der Waals surface area contributed by atoms with Crippen LogP contribution in [0.5, 0.6) is 5.75 Å². The molecule has 2 aromatic carbocycles. The second-order valence-corrected chi connectivity index (χ2v) is 8.19. The fraction of sp³-hybridized carbons (Fsp3) is 0.350. The van der Waals surface area contributed by atoms with Gasteiger partial charge in [-0.05, 0) is 63.1 Å². The molecule has 6 nitrogen and oxygen atoms in total. The zero-order valence-corrected chi connectivity index (χ0v) is 17.2. The van der Waals surface area contributed by atoms with Crippen LogP contribution >= 0.6 is 0 Å². The number of nitrogens with one attached hydrogen (secondary N) is 1. The van der Waals surface area contributed by atoms with Crippen LogP contribution in [-0.2, 0) is 14.8 Å². The maximum atomic E-state index is 13.5. The minimum atomic E-state index is -3.93. The number of rotatable bonds is 7. The summed E-state index contributed by atoms with van der Waals surface area (Å²) in [5, 5.41) is 2.66. The molecule has 0 unspecified atom stereocenters. The predicted molar refractivity (Wildman–Crippen MR) is 107 cm³/mol. The molecule has 27 heavy (non-hydrogen) atoms. The molecule has 0 fully saturated rings. The number of anilines is 1. The summed E-state index contributed by atoms with van der Waals surface area (Å²) in [6.07, 6.45) is 0. The molecule has 0 aliphatic rings. The Bertz CT molecular complexity index is 898. The Morgan fingerprint density at radius 2 is 1.63 bits per heavy atom. The Morgan fingerprint density at radius 1 is 1.07 bits per heavy atom. The van der Waals surface area contributed by atoms with Crippen molar-refractivity contribution < 1.29 is 17.9 Å². The van der Waals surface area contributed by atoms with Gasteiger partial charge in [0.1, 0.15) is 12.3 Å². The third-order valence-electron chi connectivity index (χ3n) is 4.17. The molecule has 0 aromatic heterocycles. The van der Waals surface area contributed by atoms with Crippen molar-refractivity contribution in [2.45, 2.75) is 32.6 Å². The molecule has 0 radical (unpaired) electrons. The largest absolute Gasteiger partial charge is 0.497 e. The van der Waals surface area contributed by atoms with Crippen LogP contribution in [0.2, 0.25) is 0 Å². The first kappa shape index (κ1) is 20.8. The van der Waals surface area contributed by atoms with Crippen molar-refractivity contribution in [3.63, 3.8) is 0 Å². The van der Waals surface area contributed by atoms with Gasteiger partial charge in [-0.25, -0.2) is 8.42 Å². The maximum absolute atomic E-state index is 13.5. The smallest absolute Gasteiger partial charge is 0.265 e. The molecule has 0 aliphatic carbocycles. The number of methoxy groups -OCH3 is 1. The minimum Gasteiger partial charge on any atom is -0.497 e. The van der Waals surface area contributed by atoms with Crippen molar-refractivity contribution in [2.24, 2.45) is 0 Å². The summed E-state index contributed by atoms with van der Waals surface area (Å²) in [5.74, 6) is 0.246. The fourth-order valence-electron chi connectivity index (χ4n) is 3.13.